The van der Waals surface area contributed by atoms with E-state index in [2.05, 4.69) is 13.8 Å². The maximum absolute atomic E-state index is 13.8. The summed E-state index contributed by atoms with van der Waals surface area (Å²) < 4.78 is 6.10. The molecule has 0 atom stereocenters. The Kier molecular flexibility index (Phi) is 10.9. The lowest BCUT2D eigenvalue weighted by Crippen LogP contribution is -2.52. The van der Waals surface area contributed by atoms with Crippen LogP contribution in [0.2, 0.25) is 0 Å². The topological polar surface area (TPSA) is 26.3 Å². The maximum Gasteiger partial charge on any atom is 0.312 e. The zero-order chi connectivity index (χ0) is 22.7. The van der Waals surface area contributed by atoms with Crippen LogP contribution in [0.4, 0.5) is 0 Å². The Morgan fingerprint density at radius 1 is 0.688 bits per heavy atom. The van der Waals surface area contributed by atoms with Gasteiger partial charge in [-0.25, -0.2) is 0 Å². The summed E-state index contributed by atoms with van der Waals surface area (Å²) in [6.07, 6.45) is 28.6. The fourth-order valence-corrected chi connectivity index (χ4v) is 7.89. The van der Waals surface area contributed by atoms with Crippen molar-refractivity contribution in [1.82, 2.24) is 0 Å². The lowest BCUT2D eigenvalue weighted by molar-refractivity contribution is -0.175. The van der Waals surface area contributed by atoms with Crippen molar-refractivity contribution in [2.24, 2.45) is 22.7 Å². The van der Waals surface area contributed by atoms with Gasteiger partial charge in [-0.15, -0.1) is 0 Å². The molecule has 3 saturated carbocycles. The van der Waals surface area contributed by atoms with Gasteiger partial charge in [-0.05, 0) is 68.6 Å². The van der Waals surface area contributed by atoms with Gasteiger partial charge in [0.15, 0.2) is 0 Å². The maximum atomic E-state index is 13.8. The smallest absolute Gasteiger partial charge is 0.312 e. The van der Waals surface area contributed by atoms with Crippen molar-refractivity contribution < 1.29 is 9.53 Å². The number of esters is 1. The van der Waals surface area contributed by atoms with Crippen LogP contribution in [0.25, 0.3) is 0 Å². The summed E-state index contributed by atoms with van der Waals surface area (Å²) in [7, 11) is 0. The Balaban J connectivity index is 1.75. The summed E-state index contributed by atoms with van der Waals surface area (Å²) in [4.78, 5) is 13.8. The molecule has 0 bridgehead atoms. The van der Waals surface area contributed by atoms with Gasteiger partial charge in [-0.3, -0.25) is 4.79 Å². The first kappa shape index (κ1) is 26.1. The molecule has 3 rings (SSSR count). The molecule has 0 aromatic rings. The Morgan fingerprint density at radius 3 is 1.94 bits per heavy atom. The standard InChI is InChI=1S/C30H54O2/c1-3-5-7-12-20-29(23-18-27(19-24-29)26-16-10-8-11-17-26)30(21-13-9-14-22-30)28(31)32-25-15-6-4-2/h26-27H,3-25H2,1-2H3. The highest BCUT2D eigenvalue weighted by Gasteiger charge is 2.57. The van der Waals surface area contributed by atoms with Gasteiger partial charge < -0.3 is 4.74 Å². The predicted molar refractivity (Wildman–Crippen MR) is 136 cm³/mol. The molecular formula is C30H54O2. The fraction of sp³-hybridized carbons (Fsp3) is 0.967. The minimum atomic E-state index is -0.179. The van der Waals surface area contributed by atoms with E-state index in [0.29, 0.717) is 6.61 Å². The molecule has 0 aromatic carbocycles. The van der Waals surface area contributed by atoms with Gasteiger partial charge in [0.25, 0.3) is 0 Å². The van der Waals surface area contributed by atoms with Gasteiger partial charge in [0, 0.05) is 0 Å². The molecule has 32 heavy (non-hydrogen) atoms. The summed E-state index contributed by atoms with van der Waals surface area (Å²) in [6.45, 7) is 5.17. The number of ether oxygens (including phenoxy) is 1. The zero-order valence-corrected chi connectivity index (χ0v) is 21.7. The highest BCUT2D eigenvalue weighted by molar-refractivity contribution is 5.78. The summed E-state index contributed by atoms with van der Waals surface area (Å²) in [5, 5.41) is 0. The van der Waals surface area contributed by atoms with E-state index in [1.807, 2.05) is 0 Å². The average molecular weight is 447 g/mol. The van der Waals surface area contributed by atoms with E-state index in [4.69, 9.17) is 4.74 Å². The zero-order valence-electron chi connectivity index (χ0n) is 21.7. The van der Waals surface area contributed by atoms with Crippen molar-refractivity contribution in [3.63, 3.8) is 0 Å². The van der Waals surface area contributed by atoms with Crippen LogP contribution in [-0.2, 0) is 9.53 Å². The molecule has 0 aliphatic heterocycles. The van der Waals surface area contributed by atoms with E-state index < -0.39 is 0 Å². The molecule has 0 N–H and O–H groups in total. The van der Waals surface area contributed by atoms with Crippen LogP contribution < -0.4 is 0 Å². The highest BCUT2D eigenvalue weighted by Crippen LogP contribution is 2.61. The lowest BCUT2D eigenvalue weighted by atomic mass is 9.49. The first-order valence-corrected chi connectivity index (χ1v) is 14.8. The molecule has 186 valence electrons. The second-order valence-electron chi connectivity index (χ2n) is 11.8. The average Bonchev–Trinajstić information content (AvgIpc) is 2.85. The third kappa shape index (κ3) is 6.32. The molecular weight excluding hydrogens is 392 g/mol. The molecule has 0 aromatic heterocycles. The number of hydrogen-bond acceptors (Lipinski definition) is 2. The second kappa shape index (κ2) is 13.4. The van der Waals surface area contributed by atoms with E-state index in [1.54, 1.807) is 0 Å². The molecule has 3 aliphatic rings. The third-order valence-electron chi connectivity index (χ3n) is 9.91. The summed E-state index contributed by atoms with van der Waals surface area (Å²) in [5.41, 5.74) is 0.0371. The SMILES string of the molecule is CCCCCCC1(C2(C(=O)OCCCCC)CCCCC2)CCC(C2CCCCC2)CC1. The Bertz CT molecular complexity index is 519. The van der Waals surface area contributed by atoms with E-state index in [-0.39, 0.29) is 16.8 Å². The van der Waals surface area contributed by atoms with Crippen LogP contribution >= 0.6 is 0 Å². The van der Waals surface area contributed by atoms with Gasteiger partial charge in [0.1, 0.15) is 0 Å². The van der Waals surface area contributed by atoms with Crippen molar-refractivity contribution in [3.8, 4) is 0 Å². The summed E-state index contributed by atoms with van der Waals surface area (Å²) in [5.74, 6) is 2.12. The van der Waals surface area contributed by atoms with Crippen LogP contribution in [0.5, 0.6) is 0 Å². The van der Waals surface area contributed by atoms with Crippen LogP contribution in [0, 0.1) is 22.7 Å². The van der Waals surface area contributed by atoms with E-state index in [9.17, 15) is 4.79 Å². The molecule has 0 saturated heterocycles. The van der Waals surface area contributed by atoms with Gasteiger partial charge in [-0.1, -0.05) is 104 Å². The number of hydrogen-bond donors (Lipinski definition) is 0. The summed E-state index contributed by atoms with van der Waals surface area (Å²) in [6, 6.07) is 0. The Morgan fingerprint density at radius 2 is 1.28 bits per heavy atom. The number of rotatable bonds is 12. The molecule has 2 heteroatoms. The van der Waals surface area contributed by atoms with Gasteiger partial charge in [0.2, 0.25) is 0 Å². The molecule has 2 nitrogen and oxygen atoms in total. The first-order chi connectivity index (χ1) is 15.7. The minimum Gasteiger partial charge on any atom is -0.465 e. The van der Waals surface area contributed by atoms with Crippen LogP contribution in [0.1, 0.15) is 155 Å². The van der Waals surface area contributed by atoms with Crippen LogP contribution in [-0.4, -0.2) is 12.6 Å². The molecule has 3 aliphatic carbocycles. The van der Waals surface area contributed by atoms with Gasteiger partial charge in [0.05, 0.1) is 12.0 Å². The Hall–Kier alpha value is -0.530. The second-order valence-corrected chi connectivity index (χ2v) is 11.8. The lowest BCUT2D eigenvalue weighted by Gasteiger charge is -2.55. The predicted octanol–water partition coefficient (Wildman–Crippen LogP) is 9.40. The van der Waals surface area contributed by atoms with Crippen molar-refractivity contribution in [3.05, 3.63) is 0 Å². The molecule has 0 amide bonds. The normalized spacial score (nSPS) is 29.0. The number of carbonyl (C=O) groups is 1. The van der Waals surface area contributed by atoms with Gasteiger partial charge >= 0.3 is 5.97 Å². The number of carbonyl (C=O) groups excluding carboxylic acids is 1. The van der Waals surface area contributed by atoms with Gasteiger partial charge in [-0.2, -0.15) is 0 Å². The van der Waals surface area contributed by atoms with Crippen LogP contribution in [0.15, 0.2) is 0 Å². The minimum absolute atomic E-state index is 0.179. The molecule has 0 unspecified atom stereocenters. The first-order valence-electron chi connectivity index (χ1n) is 14.8. The van der Waals surface area contributed by atoms with E-state index in [0.717, 1.165) is 31.1 Å². The third-order valence-corrected chi connectivity index (χ3v) is 9.91. The van der Waals surface area contributed by atoms with E-state index in [1.165, 1.54) is 122 Å². The highest BCUT2D eigenvalue weighted by atomic mass is 16.5. The van der Waals surface area contributed by atoms with Crippen molar-refractivity contribution in [1.29, 1.82) is 0 Å². The summed E-state index contributed by atoms with van der Waals surface area (Å²) >= 11 is 0. The molecule has 3 fully saturated rings. The van der Waals surface area contributed by atoms with Crippen molar-refractivity contribution in [2.45, 2.75) is 155 Å². The fourth-order valence-electron chi connectivity index (χ4n) is 7.89. The number of unbranched alkanes of at least 4 members (excludes halogenated alkanes) is 5. The molecule has 0 heterocycles. The van der Waals surface area contributed by atoms with Crippen molar-refractivity contribution >= 4 is 5.97 Å². The quantitative estimate of drug-likeness (QED) is 0.220. The van der Waals surface area contributed by atoms with Crippen LogP contribution in [0.3, 0.4) is 0 Å². The monoisotopic (exact) mass is 446 g/mol. The largest absolute Gasteiger partial charge is 0.465 e. The molecule has 0 spiro atoms. The molecule has 0 radical (unpaired) electrons. The van der Waals surface area contributed by atoms with E-state index >= 15 is 0 Å². The van der Waals surface area contributed by atoms with Crippen molar-refractivity contribution in [2.75, 3.05) is 6.61 Å². The Labute approximate surface area is 200 Å².